The smallest absolute Gasteiger partial charge is 0.317 e. The third-order valence-electron chi connectivity index (χ3n) is 4.64. The summed E-state index contributed by atoms with van der Waals surface area (Å²) in [5, 5.41) is 6.35. The lowest BCUT2D eigenvalue weighted by molar-refractivity contribution is 0.118. The average Bonchev–Trinajstić information content (AvgIpc) is 2.94. The summed E-state index contributed by atoms with van der Waals surface area (Å²) in [6.07, 6.45) is 3.45. The van der Waals surface area contributed by atoms with E-state index in [1.165, 1.54) is 18.6 Å². The minimum absolute atomic E-state index is 0.00898. The van der Waals surface area contributed by atoms with Crippen molar-refractivity contribution in [3.8, 4) is 0 Å². The molecule has 1 aromatic rings. The molecule has 3 rings (SSSR count). The lowest BCUT2D eigenvalue weighted by Crippen LogP contribution is -2.50. The molecule has 114 valence electrons. The molecule has 4 nitrogen and oxygen atoms in total. The number of piperidine rings is 1. The van der Waals surface area contributed by atoms with Gasteiger partial charge >= 0.3 is 6.03 Å². The van der Waals surface area contributed by atoms with Crippen LogP contribution in [0.2, 0.25) is 0 Å². The van der Waals surface area contributed by atoms with Crippen LogP contribution in [0.1, 0.15) is 24.8 Å². The summed E-state index contributed by atoms with van der Waals surface area (Å²) >= 11 is 0. The number of nitrogens with zero attached hydrogens (tertiary/aromatic N) is 1. The summed E-state index contributed by atoms with van der Waals surface area (Å²) < 4.78 is 12.8. The van der Waals surface area contributed by atoms with Crippen molar-refractivity contribution in [2.45, 2.75) is 25.8 Å². The molecule has 1 spiro atoms. The Balaban J connectivity index is 1.54. The lowest BCUT2D eigenvalue weighted by Gasteiger charge is -2.39. The van der Waals surface area contributed by atoms with E-state index in [1.807, 2.05) is 4.90 Å². The molecule has 0 aromatic heterocycles. The van der Waals surface area contributed by atoms with E-state index >= 15 is 0 Å². The van der Waals surface area contributed by atoms with Gasteiger partial charge in [0.05, 0.1) is 0 Å². The number of urea groups is 1. The zero-order valence-corrected chi connectivity index (χ0v) is 12.2. The molecule has 2 fully saturated rings. The average molecular weight is 291 g/mol. The van der Waals surface area contributed by atoms with Gasteiger partial charge in [-0.1, -0.05) is 12.1 Å². The number of carbonyl (C=O) groups excluding carboxylic acids is 1. The topological polar surface area (TPSA) is 44.4 Å². The molecule has 0 radical (unpaired) electrons. The van der Waals surface area contributed by atoms with Gasteiger partial charge in [0.25, 0.3) is 0 Å². The number of benzene rings is 1. The maximum absolute atomic E-state index is 12.8. The molecule has 0 unspecified atom stereocenters. The number of halogens is 1. The Morgan fingerprint density at radius 1 is 1.33 bits per heavy atom. The van der Waals surface area contributed by atoms with E-state index in [9.17, 15) is 9.18 Å². The summed E-state index contributed by atoms with van der Waals surface area (Å²) in [7, 11) is 0. The molecule has 2 aliphatic rings. The van der Waals surface area contributed by atoms with E-state index in [0.29, 0.717) is 6.54 Å². The Hall–Kier alpha value is -1.62. The van der Waals surface area contributed by atoms with Crippen LogP contribution in [0.25, 0.3) is 0 Å². The van der Waals surface area contributed by atoms with Gasteiger partial charge in [0.1, 0.15) is 5.82 Å². The van der Waals surface area contributed by atoms with Crippen LogP contribution in [0.3, 0.4) is 0 Å². The van der Waals surface area contributed by atoms with Crippen LogP contribution >= 0.6 is 0 Å². The summed E-state index contributed by atoms with van der Waals surface area (Å²) in [6, 6.07) is 6.23. The Labute approximate surface area is 124 Å². The molecule has 0 aliphatic carbocycles. The highest BCUT2D eigenvalue weighted by Crippen LogP contribution is 2.35. The summed E-state index contributed by atoms with van der Waals surface area (Å²) in [5.41, 5.74) is 1.20. The van der Waals surface area contributed by atoms with Crippen molar-refractivity contribution < 1.29 is 9.18 Å². The first-order valence-electron chi connectivity index (χ1n) is 7.65. The predicted molar refractivity (Wildman–Crippen MR) is 79.4 cm³/mol. The molecule has 1 aromatic carbocycles. The number of amides is 2. The summed E-state index contributed by atoms with van der Waals surface area (Å²) in [6.45, 7) is 4.20. The number of nitrogens with one attached hydrogen (secondary N) is 2. The normalized spacial score (nSPS) is 25.3. The van der Waals surface area contributed by atoms with Crippen molar-refractivity contribution in [1.29, 1.82) is 0 Å². The van der Waals surface area contributed by atoms with Gasteiger partial charge in [-0.25, -0.2) is 9.18 Å². The highest BCUT2D eigenvalue weighted by atomic mass is 19.1. The second-order valence-corrected chi connectivity index (χ2v) is 6.24. The molecular weight excluding hydrogens is 269 g/mol. The van der Waals surface area contributed by atoms with E-state index in [2.05, 4.69) is 10.6 Å². The molecule has 5 heteroatoms. The van der Waals surface area contributed by atoms with Crippen molar-refractivity contribution in [3.05, 3.63) is 35.6 Å². The van der Waals surface area contributed by atoms with E-state index in [-0.39, 0.29) is 17.3 Å². The summed E-state index contributed by atoms with van der Waals surface area (Å²) in [5.74, 6) is -0.253. The van der Waals surface area contributed by atoms with Gasteiger partial charge in [0.2, 0.25) is 0 Å². The van der Waals surface area contributed by atoms with Gasteiger partial charge in [-0.05, 0) is 43.5 Å². The molecule has 21 heavy (non-hydrogen) atoms. The highest BCUT2D eigenvalue weighted by molar-refractivity contribution is 5.74. The molecule has 0 saturated carbocycles. The van der Waals surface area contributed by atoms with Gasteiger partial charge in [-0.2, -0.15) is 0 Å². The number of hydrogen-bond donors (Lipinski definition) is 2. The molecule has 2 heterocycles. The van der Waals surface area contributed by atoms with Gasteiger partial charge < -0.3 is 15.5 Å². The van der Waals surface area contributed by atoms with Crippen LogP contribution in [0, 0.1) is 11.2 Å². The van der Waals surface area contributed by atoms with E-state index in [1.54, 1.807) is 12.1 Å². The standard InChI is InChI=1S/C16H22FN3O/c17-14-4-2-13(3-5-14)10-19-15(21)20-9-1-6-16(12-20)7-8-18-11-16/h2-5,18H,1,6-12H2,(H,19,21)/t16-/m0/s1. The summed E-state index contributed by atoms with van der Waals surface area (Å²) in [4.78, 5) is 14.2. The zero-order valence-electron chi connectivity index (χ0n) is 12.2. The number of carbonyl (C=O) groups is 1. The van der Waals surface area contributed by atoms with Crippen LogP contribution in [0.5, 0.6) is 0 Å². The van der Waals surface area contributed by atoms with Crippen molar-refractivity contribution >= 4 is 6.03 Å². The first kappa shape index (κ1) is 14.3. The monoisotopic (exact) mass is 291 g/mol. The van der Waals surface area contributed by atoms with Crippen molar-refractivity contribution in [2.24, 2.45) is 5.41 Å². The van der Waals surface area contributed by atoms with Gasteiger partial charge in [-0.15, -0.1) is 0 Å². The fourth-order valence-electron chi connectivity index (χ4n) is 3.42. The molecule has 0 bridgehead atoms. The van der Waals surface area contributed by atoms with E-state index in [0.717, 1.165) is 44.6 Å². The lowest BCUT2D eigenvalue weighted by atomic mass is 9.79. The van der Waals surface area contributed by atoms with E-state index < -0.39 is 0 Å². The van der Waals surface area contributed by atoms with Crippen LogP contribution in [-0.2, 0) is 6.54 Å². The largest absolute Gasteiger partial charge is 0.334 e. The third-order valence-corrected chi connectivity index (χ3v) is 4.64. The molecule has 1 atom stereocenters. The predicted octanol–water partition coefficient (Wildman–Crippen LogP) is 2.11. The first-order valence-corrected chi connectivity index (χ1v) is 7.65. The van der Waals surface area contributed by atoms with Gasteiger partial charge in [0, 0.05) is 31.6 Å². The Kier molecular flexibility index (Phi) is 4.10. The maximum atomic E-state index is 12.8. The van der Waals surface area contributed by atoms with Crippen molar-refractivity contribution in [1.82, 2.24) is 15.5 Å². The maximum Gasteiger partial charge on any atom is 0.317 e. The minimum atomic E-state index is -0.253. The second kappa shape index (κ2) is 6.02. The zero-order chi connectivity index (χ0) is 14.7. The van der Waals surface area contributed by atoms with Gasteiger partial charge in [0.15, 0.2) is 0 Å². The number of rotatable bonds is 2. The molecule has 2 saturated heterocycles. The van der Waals surface area contributed by atoms with Gasteiger partial charge in [-0.3, -0.25) is 0 Å². The Bertz CT molecular complexity index is 497. The molecule has 2 N–H and O–H groups in total. The molecule has 2 amide bonds. The Morgan fingerprint density at radius 3 is 2.86 bits per heavy atom. The van der Waals surface area contributed by atoms with Crippen LogP contribution < -0.4 is 10.6 Å². The van der Waals surface area contributed by atoms with Crippen molar-refractivity contribution in [3.63, 3.8) is 0 Å². The molecule has 2 aliphatic heterocycles. The highest BCUT2D eigenvalue weighted by Gasteiger charge is 2.39. The number of likely N-dealkylation sites (tertiary alicyclic amines) is 1. The quantitative estimate of drug-likeness (QED) is 0.876. The van der Waals surface area contributed by atoms with E-state index in [4.69, 9.17) is 0 Å². The van der Waals surface area contributed by atoms with Crippen LogP contribution in [0.15, 0.2) is 24.3 Å². The SMILES string of the molecule is O=C(NCc1ccc(F)cc1)N1CCC[C@@]2(CCNC2)C1. The van der Waals surface area contributed by atoms with Crippen molar-refractivity contribution in [2.75, 3.05) is 26.2 Å². The first-order chi connectivity index (χ1) is 10.2. The van der Waals surface area contributed by atoms with Crippen LogP contribution in [-0.4, -0.2) is 37.1 Å². The fraction of sp³-hybridized carbons (Fsp3) is 0.562. The minimum Gasteiger partial charge on any atom is -0.334 e. The Morgan fingerprint density at radius 2 is 2.14 bits per heavy atom. The molecular formula is C16H22FN3O. The number of hydrogen-bond acceptors (Lipinski definition) is 2. The van der Waals surface area contributed by atoms with Crippen LogP contribution in [0.4, 0.5) is 9.18 Å². The second-order valence-electron chi connectivity index (χ2n) is 6.24. The third kappa shape index (κ3) is 3.35. The fourth-order valence-corrected chi connectivity index (χ4v) is 3.42.